The quantitative estimate of drug-likeness (QED) is 0.845. The predicted octanol–water partition coefficient (Wildman–Crippen LogP) is 2.22. The Labute approximate surface area is 108 Å². The van der Waals surface area contributed by atoms with Crippen molar-refractivity contribution in [3.05, 3.63) is 5.69 Å². The molecule has 0 radical (unpaired) electrons. The van der Waals surface area contributed by atoms with E-state index in [0.717, 1.165) is 31.4 Å². The van der Waals surface area contributed by atoms with Gasteiger partial charge in [-0.05, 0) is 19.8 Å². The molecule has 5 nitrogen and oxygen atoms in total. The summed E-state index contributed by atoms with van der Waals surface area (Å²) in [5.41, 5.74) is 6.98. The van der Waals surface area contributed by atoms with E-state index < -0.39 is 0 Å². The molecule has 1 amide bonds. The van der Waals surface area contributed by atoms with Crippen LogP contribution in [0.2, 0.25) is 0 Å². The summed E-state index contributed by atoms with van der Waals surface area (Å²) < 4.78 is 1.63. The Morgan fingerprint density at radius 1 is 1.39 bits per heavy atom. The zero-order valence-corrected chi connectivity index (χ0v) is 11.4. The monoisotopic (exact) mass is 250 g/mol. The number of amides is 1. The van der Waals surface area contributed by atoms with Gasteiger partial charge in [0.05, 0.1) is 11.4 Å². The Hall–Kier alpha value is -1.52. The fourth-order valence-electron chi connectivity index (χ4n) is 2.64. The molecule has 100 valence electrons. The molecule has 1 fully saturated rings. The number of carbonyl (C=O) groups excluding carboxylic acids is 1. The van der Waals surface area contributed by atoms with Crippen molar-refractivity contribution in [1.29, 1.82) is 0 Å². The summed E-state index contributed by atoms with van der Waals surface area (Å²) in [6.07, 6.45) is 5.40. The lowest BCUT2D eigenvalue weighted by Gasteiger charge is -2.31. The van der Waals surface area contributed by atoms with Crippen LogP contribution >= 0.6 is 0 Å². The second-order valence-corrected chi connectivity index (χ2v) is 5.55. The van der Waals surface area contributed by atoms with Crippen LogP contribution in [-0.4, -0.2) is 15.7 Å². The maximum atomic E-state index is 12.4. The third-order valence-corrected chi connectivity index (χ3v) is 4.01. The molecule has 18 heavy (non-hydrogen) atoms. The molecule has 0 saturated heterocycles. The Balaban J connectivity index is 2.16. The van der Waals surface area contributed by atoms with Crippen LogP contribution in [0.15, 0.2) is 0 Å². The molecular formula is C13H22N4O. The summed E-state index contributed by atoms with van der Waals surface area (Å²) in [6, 6.07) is 0. The van der Waals surface area contributed by atoms with Gasteiger partial charge in [-0.25, -0.2) is 0 Å². The lowest BCUT2D eigenvalue weighted by Crippen LogP contribution is -2.36. The van der Waals surface area contributed by atoms with Gasteiger partial charge in [0.2, 0.25) is 5.91 Å². The molecule has 0 unspecified atom stereocenters. The van der Waals surface area contributed by atoms with Gasteiger partial charge in [0.25, 0.3) is 0 Å². The SMILES string of the molecule is Cc1nn(C)c(NC(=O)C2(C)CCCCC2)c1N. The molecule has 1 aliphatic rings. The number of nitrogens with one attached hydrogen (secondary N) is 1. The zero-order chi connectivity index (χ0) is 13.3. The van der Waals surface area contributed by atoms with E-state index in [1.807, 2.05) is 13.8 Å². The van der Waals surface area contributed by atoms with E-state index in [0.29, 0.717) is 11.5 Å². The molecule has 1 aromatic heterocycles. The fourth-order valence-corrected chi connectivity index (χ4v) is 2.64. The van der Waals surface area contributed by atoms with E-state index in [1.54, 1.807) is 11.7 Å². The lowest BCUT2D eigenvalue weighted by atomic mass is 9.75. The fraction of sp³-hybridized carbons (Fsp3) is 0.692. The van der Waals surface area contributed by atoms with E-state index >= 15 is 0 Å². The van der Waals surface area contributed by atoms with Crippen molar-refractivity contribution in [1.82, 2.24) is 9.78 Å². The minimum absolute atomic E-state index is 0.0666. The first-order valence-corrected chi connectivity index (χ1v) is 6.54. The standard InChI is InChI=1S/C13H22N4O/c1-9-10(14)11(17(3)16-9)15-12(18)13(2)7-5-4-6-8-13/h4-8,14H2,1-3H3,(H,15,18). The number of nitrogens with zero attached hydrogens (tertiary/aromatic N) is 2. The molecule has 3 N–H and O–H groups in total. The summed E-state index contributed by atoms with van der Waals surface area (Å²) in [6.45, 7) is 3.88. The maximum absolute atomic E-state index is 12.4. The summed E-state index contributed by atoms with van der Waals surface area (Å²) in [5, 5.41) is 7.15. The highest BCUT2D eigenvalue weighted by Crippen LogP contribution is 2.37. The minimum atomic E-state index is -0.261. The molecule has 0 bridgehead atoms. The third-order valence-electron chi connectivity index (χ3n) is 4.01. The molecule has 2 rings (SSSR count). The number of anilines is 2. The normalized spacial score (nSPS) is 18.6. The molecule has 0 aromatic carbocycles. The van der Waals surface area contributed by atoms with Crippen molar-refractivity contribution < 1.29 is 4.79 Å². The van der Waals surface area contributed by atoms with Gasteiger partial charge in [-0.1, -0.05) is 26.2 Å². The average Bonchev–Trinajstić information content (AvgIpc) is 2.57. The molecule has 1 aromatic rings. The van der Waals surface area contributed by atoms with Gasteiger partial charge < -0.3 is 11.1 Å². The van der Waals surface area contributed by atoms with Crippen LogP contribution in [-0.2, 0) is 11.8 Å². The third kappa shape index (κ3) is 2.21. The maximum Gasteiger partial charge on any atom is 0.231 e. The van der Waals surface area contributed by atoms with Gasteiger partial charge in [-0.15, -0.1) is 0 Å². The van der Waals surface area contributed by atoms with Crippen molar-refractivity contribution >= 4 is 17.4 Å². The molecule has 0 spiro atoms. The van der Waals surface area contributed by atoms with Gasteiger partial charge >= 0.3 is 0 Å². The first-order valence-electron chi connectivity index (χ1n) is 6.54. The second kappa shape index (κ2) is 4.63. The summed E-state index contributed by atoms with van der Waals surface area (Å²) in [7, 11) is 1.79. The number of hydrogen-bond acceptors (Lipinski definition) is 3. The molecule has 0 aliphatic heterocycles. The number of carbonyl (C=O) groups is 1. The second-order valence-electron chi connectivity index (χ2n) is 5.55. The summed E-state index contributed by atoms with van der Waals surface area (Å²) >= 11 is 0. The highest BCUT2D eigenvalue weighted by Gasteiger charge is 2.35. The summed E-state index contributed by atoms with van der Waals surface area (Å²) in [5.74, 6) is 0.682. The van der Waals surface area contributed by atoms with Crippen molar-refractivity contribution in [2.45, 2.75) is 46.0 Å². The van der Waals surface area contributed by atoms with Gasteiger partial charge in [-0.3, -0.25) is 9.48 Å². The Morgan fingerprint density at radius 3 is 2.50 bits per heavy atom. The first kappa shape index (κ1) is 12.9. The van der Waals surface area contributed by atoms with Crippen molar-refractivity contribution in [3.8, 4) is 0 Å². The number of hydrogen-bond donors (Lipinski definition) is 2. The Kier molecular flexibility index (Phi) is 3.32. The van der Waals surface area contributed by atoms with E-state index in [9.17, 15) is 4.79 Å². The minimum Gasteiger partial charge on any atom is -0.394 e. The molecule has 5 heteroatoms. The zero-order valence-electron chi connectivity index (χ0n) is 11.4. The van der Waals surface area contributed by atoms with E-state index in [2.05, 4.69) is 10.4 Å². The molecular weight excluding hydrogens is 228 g/mol. The van der Waals surface area contributed by atoms with Gasteiger partial charge in [0, 0.05) is 12.5 Å². The number of nitrogens with two attached hydrogens (primary N) is 1. The van der Waals surface area contributed by atoms with Gasteiger partial charge in [0.1, 0.15) is 0 Å². The molecule has 1 heterocycles. The van der Waals surface area contributed by atoms with Crippen molar-refractivity contribution in [2.24, 2.45) is 12.5 Å². The van der Waals surface area contributed by atoms with Crippen LogP contribution in [0.5, 0.6) is 0 Å². The van der Waals surface area contributed by atoms with Crippen LogP contribution in [0.3, 0.4) is 0 Å². The van der Waals surface area contributed by atoms with Crippen LogP contribution in [0.1, 0.15) is 44.7 Å². The number of nitrogen functional groups attached to an aromatic ring is 1. The van der Waals surface area contributed by atoms with Gasteiger partial charge in [0.15, 0.2) is 5.82 Å². The number of rotatable bonds is 2. The Morgan fingerprint density at radius 2 is 2.00 bits per heavy atom. The Bertz CT molecular complexity index is 458. The van der Waals surface area contributed by atoms with Crippen LogP contribution in [0.25, 0.3) is 0 Å². The average molecular weight is 250 g/mol. The van der Waals surface area contributed by atoms with Crippen molar-refractivity contribution in [3.63, 3.8) is 0 Å². The molecule has 1 saturated carbocycles. The van der Waals surface area contributed by atoms with E-state index in [-0.39, 0.29) is 11.3 Å². The van der Waals surface area contributed by atoms with E-state index in [4.69, 9.17) is 5.73 Å². The summed E-state index contributed by atoms with van der Waals surface area (Å²) in [4.78, 5) is 12.4. The largest absolute Gasteiger partial charge is 0.394 e. The highest BCUT2D eigenvalue weighted by atomic mass is 16.2. The van der Waals surface area contributed by atoms with Crippen molar-refractivity contribution in [2.75, 3.05) is 11.1 Å². The lowest BCUT2D eigenvalue weighted by molar-refractivity contribution is -0.126. The smallest absolute Gasteiger partial charge is 0.231 e. The van der Waals surface area contributed by atoms with Crippen LogP contribution in [0, 0.1) is 12.3 Å². The van der Waals surface area contributed by atoms with Crippen LogP contribution < -0.4 is 11.1 Å². The first-order chi connectivity index (χ1) is 8.44. The molecule has 1 aliphatic carbocycles. The number of aryl methyl sites for hydroxylation is 2. The van der Waals surface area contributed by atoms with Gasteiger partial charge in [-0.2, -0.15) is 5.10 Å². The van der Waals surface area contributed by atoms with E-state index in [1.165, 1.54) is 6.42 Å². The highest BCUT2D eigenvalue weighted by molar-refractivity contribution is 5.96. The number of aromatic nitrogens is 2. The van der Waals surface area contributed by atoms with Crippen LogP contribution in [0.4, 0.5) is 11.5 Å². The predicted molar refractivity (Wildman–Crippen MR) is 72.2 cm³/mol. The molecule has 0 atom stereocenters. The topological polar surface area (TPSA) is 72.9 Å².